The van der Waals surface area contributed by atoms with Gasteiger partial charge < -0.3 is 30.3 Å². The Kier molecular flexibility index (Phi) is 39.6. The van der Waals surface area contributed by atoms with E-state index in [1.54, 1.807) is 6.08 Å². The number of ether oxygens (including phenoxy) is 2. The largest absolute Gasteiger partial charge is 0.480 e. The molecule has 0 aliphatic rings. The van der Waals surface area contributed by atoms with Gasteiger partial charge in [0, 0.05) is 12.8 Å². The summed E-state index contributed by atoms with van der Waals surface area (Å²) in [5, 5.41) is 18.9. The van der Waals surface area contributed by atoms with Crippen molar-refractivity contribution in [2.24, 2.45) is 5.73 Å². The summed E-state index contributed by atoms with van der Waals surface area (Å²) in [5.41, 5.74) is 5.33. The van der Waals surface area contributed by atoms with Crippen molar-refractivity contribution < 1.29 is 52.6 Å². The molecule has 348 valence electrons. The van der Waals surface area contributed by atoms with E-state index in [9.17, 15) is 28.9 Å². The number of aliphatic hydroxyl groups excluding tert-OH is 1. The zero-order valence-corrected chi connectivity index (χ0v) is 38.2. The number of carbonyl (C=O) groups excluding carboxylic acids is 2. The van der Waals surface area contributed by atoms with E-state index in [2.05, 4.69) is 54.8 Å². The molecule has 0 radical (unpaired) electrons. The lowest BCUT2D eigenvalue weighted by Crippen LogP contribution is -2.34. The number of phosphoric ester groups is 1. The van der Waals surface area contributed by atoms with Gasteiger partial charge in [0.05, 0.1) is 19.3 Å². The molecule has 0 fully saturated rings. The van der Waals surface area contributed by atoms with Crippen LogP contribution in [0.4, 0.5) is 0 Å². The lowest BCUT2D eigenvalue weighted by Gasteiger charge is -2.20. The van der Waals surface area contributed by atoms with Gasteiger partial charge in [-0.25, -0.2) is 4.57 Å². The maximum atomic E-state index is 12.7. The average Bonchev–Trinajstić information content (AvgIpc) is 3.23. The highest BCUT2D eigenvalue weighted by Gasteiger charge is 2.28. The van der Waals surface area contributed by atoms with E-state index in [1.807, 2.05) is 42.5 Å². The summed E-state index contributed by atoms with van der Waals surface area (Å²) >= 11 is 0. The van der Waals surface area contributed by atoms with Crippen molar-refractivity contribution in [3.8, 4) is 0 Å². The highest BCUT2D eigenvalue weighted by Crippen LogP contribution is 2.43. The van der Waals surface area contributed by atoms with E-state index in [4.69, 9.17) is 24.8 Å². The maximum Gasteiger partial charge on any atom is 0.472 e. The molecule has 0 aromatic carbocycles. The van der Waals surface area contributed by atoms with Crippen molar-refractivity contribution in [2.75, 3.05) is 19.8 Å². The van der Waals surface area contributed by atoms with Gasteiger partial charge in [0.2, 0.25) is 0 Å². The maximum absolute atomic E-state index is 12.7. The number of carboxylic acids is 1. The second kappa shape index (κ2) is 41.9. The Hall–Kier alpha value is -3.38. The third kappa shape index (κ3) is 41.7. The number of aliphatic carboxylic acids is 1. The van der Waals surface area contributed by atoms with Crippen LogP contribution in [-0.4, -0.2) is 71.1 Å². The van der Waals surface area contributed by atoms with Crippen LogP contribution in [0.3, 0.4) is 0 Å². The molecular weight excluding hydrogens is 797 g/mol. The third-order valence-electron chi connectivity index (χ3n) is 9.21. The number of esters is 2. The highest BCUT2D eigenvalue weighted by molar-refractivity contribution is 7.47. The molecule has 12 nitrogen and oxygen atoms in total. The van der Waals surface area contributed by atoms with Gasteiger partial charge in [0.1, 0.15) is 12.6 Å². The van der Waals surface area contributed by atoms with Crippen LogP contribution in [0, 0.1) is 0 Å². The first kappa shape index (κ1) is 57.6. The quantitative estimate of drug-likeness (QED) is 0.0150. The summed E-state index contributed by atoms with van der Waals surface area (Å²) in [5.74, 6) is -2.51. The molecular formula is C48H80NO11P. The van der Waals surface area contributed by atoms with Crippen LogP contribution in [0.15, 0.2) is 85.1 Å². The number of phosphoric acid groups is 1. The first-order valence-corrected chi connectivity index (χ1v) is 24.2. The molecule has 5 N–H and O–H groups in total. The van der Waals surface area contributed by atoms with Crippen LogP contribution in [0.1, 0.15) is 162 Å². The molecule has 0 saturated heterocycles. The van der Waals surface area contributed by atoms with Crippen molar-refractivity contribution in [2.45, 2.75) is 180 Å². The predicted octanol–water partition coefficient (Wildman–Crippen LogP) is 11.3. The van der Waals surface area contributed by atoms with Crippen molar-refractivity contribution in [1.82, 2.24) is 0 Å². The van der Waals surface area contributed by atoms with Gasteiger partial charge in [-0.05, 0) is 77.0 Å². The zero-order chi connectivity index (χ0) is 45.1. The Morgan fingerprint density at radius 2 is 1.13 bits per heavy atom. The monoisotopic (exact) mass is 878 g/mol. The van der Waals surface area contributed by atoms with Gasteiger partial charge in [0.15, 0.2) is 6.10 Å². The van der Waals surface area contributed by atoms with E-state index in [0.717, 1.165) is 51.4 Å². The third-order valence-corrected chi connectivity index (χ3v) is 10.2. The lowest BCUT2D eigenvalue weighted by atomic mass is 10.1. The summed E-state index contributed by atoms with van der Waals surface area (Å²) in [4.78, 5) is 46.0. The van der Waals surface area contributed by atoms with Gasteiger partial charge >= 0.3 is 25.7 Å². The Bertz CT molecular complexity index is 1370. The fraction of sp³-hybridized carbons (Fsp3) is 0.646. The van der Waals surface area contributed by atoms with Crippen molar-refractivity contribution >= 4 is 25.7 Å². The number of hydrogen-bond donors (Lipinski definition) is 4. The molecule has 0 amide bonds. The molecule has 0 spiro atoms. The number of unbranched alkanes of at least 4 members (excludes halogenated alkanes) is 13. The molecule has 0 aliphatic heterocycles. The molecule has 2 unspecified atom stereocenters. The normalized spacial score (nSPS) is 15.0. The first-order chi connectivity index (χ1) is 29.5. The van der Waals surface area contributed by atoms with E-state index in [-0.39, 0.29) is 12.8 Å². The summed E-state index contributed by atoms with van der Waals surface area (Å²) in [6.07, 6.45) is 48.2. The number of carboxylic acid groups (broad SMARTS) is 1. The minimum absolute atomic E-state index is 0.106. The van der Waals surface area contributed by atoms with E-state index >= 15 is 0 Å². The summed E-state index contributed by atoms with van der Waals surface area (Å²) in [7, 11) is -4.75. The standard InChI is InChI=1S/C48H80NO11P/c1-3-5-7-9-11-12-13-14-15-16-17-18-19-20-21-22-27-31-35-39-47(52)60-44(41-58-61(55,56)59-42-45(49)48(53)54)40-57-46(51)38-34-30-26-24-23-25-29-33-37-43(50)36-32-28-10-8-6-4-2/h6,8,11-12,14-15,24-26,28-29,32-33,37,43-45,50H,3-5,7,9-10,13,16-23,27,30-31,34-36,38-42,49H2,1-2H3,(H,53,54)(H,55,56)/b8-6-,12-11-,15-14-,26-24-,29-25-,32-28-,37-33+/t43?,44-,45+/m1/s1. The van der Waals surface area contributed by atoms with Crippen LogP contribution in [0.5, 0.6) is 0 Å². The fourth-order valence-electron chi connectivity index (χ4n) is 5.63. The number of carbonyl (C=O) groups is 3. The molecule has 4 atom stereocenters. The number of aliphatic hydroxyl groups is 1. The minimum Gasteiger partial charge on any atom is -0.480 e. The number of nitrogens with two attached hydrogens (primary N) is 1. The molecule has 0 aromatic heterocycles. The van der Waals surface area contributed by atoms with Crippen molar-refractivity contribution in [1.29, 1.82) is 0 Å². The Morgan fingerprint density at radius 3 is 1.75 bits per heavy atom. The van der Waals surface area contributed by atoms with Crippen molar-refractivity contribution in [3.63, 3.8) is 0 Å². The van der Waals surface area contributed by atoms with Crippen LogP contribution in [-0.2, 0) is 37.5 Å². The van der Waals surface area contributed by atoms with Gasteiger partial charge in [0.25, 0.3) is 0 Å². The van der Waals surface area contributed by atoms with E-state index in [0.29, 0.717) is 32.1 Å². The lowest BCUT2D eigenvalue weighted by molar-refractivity contribution is -0.161. The fourth-order valence-corrected chi connectivity index (χ4v) is 6.40. The molecule has 61 heavy (non-hydrogen) atoms. The molecule has 0 aromatic rings. The van der Waals surface area contributed by atoms with Gasteiger partial charge in [-0.3, -0.25) is 23.4 Å². The van der Waals surface area contributed by atoms with Crippen LogP contribution >= 0.6 is 7.82 Å². The molecule has 0 bridgehead atoms. The summed E-state index contributed by atoms with van der Waals surface area (Å²) in [6, 6.07) is -1.54. The van der Waals surface area contributed by atoms with Gasteiger partial charge in [-0.1, -0.05) is 157 Å². The van der Waals surface area contributed by atoms with Crippen LogP contribution in [0.25, 0.3) is 0 Å². The number of hydrogen-bond acceptors (Lipinski definition) is 10. The van der Waals surface area contributed by atoms with Crippen LogP contribution < -0.4 is 5.73 Å². The minimum atomic E-state index is -4.75. The Labute approximate surface area is 367 Å². The summed E-state index contributed by atoms with van der Waals surface area (Å²) < 4.78 is 32.6. The van der Waals surface area contributed by atoms with E-state index in [1.165, 1.54) is 51.4 Å². The smallest absolute Gasteiger partial charge is 0.472 e. The molecule has 13 heteroatoms. The summed E-state index contributed by atoms with van der Waals surface area (Å²) in [6.45, 7) is 2.51. The number of rotatable bonds is 41. The Morgan fingerprint density at radius 1 is 0.607 bits per heavy atom. The molecule has 0 rings (SSSR count). The number of allylic oxidation sites excluding steroid dienone is 12. The second-order valence-corrected chi connectivity index (χ2v) is 16.5. The predicted molar refractivity (Wildman–Crippen MR) is 246 cm³/mol. The molecule has 0 saturated carbocycles. The SMILES string of the molecule is CC/C=C\C/C=C\CC(O)/C=C/C=C\C/C=C\CCCC(=O)OC[C@H](COP(=O)(O)OC[C@H](N)C(=O)O)OC(=O)CCCCCCCCCCC/C=C\C/C=C\CCCCC. The van der Waals surface area contributed by atoms with Gasteiger partial charge in [-0.15, -0.1) is 0 Å². The first-order valence-electron chi connectivity index (χ1n) is 22.7. The molecule has 0 aliphatic carbocycles. The van der Waals surface area contributed by atoms with Gasteiger partial charge in [-0.2, -0.15) is 0 Å². The molecule has 0 heterocycles. The second-order valence-electron chi connectivity index (χ2n) is 15.0. The zero-order valence-electron chi connectivity index (χ0n) is 37.3. The highest BCUT2D eigenvalue weighted by atomic mass is 31.2. The Balaban J connectivity index is 4.49. The van der Waals surface area contributed by atoms with E-state index < -0.39 is 63.8 Å². The van der Waals surface area contributed by atoms with Crippen LogP contribution in [0.2, 0.25) is 0 Å². The van der Waals surface area contributed by atoms with Crippen molar-refractivity contribution in [3.05, 3.63) is 85.1 Å². The topological polar surface area (TPSA) is 192 Å². The average molecular weight is 878 g/mol.